The molecule has 0 bridgehead atoms. The Balaban J connectivity index is 2.36. The van der Waals surface area contributed by atoms with Gasteiger partial charge in [-0.2, -0.15) is 0 Å². The fraction of sp³-hybridized carbons (Fsp3) is 0.308. The van der Waals surface area contributed by atoms with Crippen LogP contribution in [0, 0.1) is 0 Å². The first kappa shape index (κ1) is 14.4. The van der Waals surface area contributed by atoms with E-state index in [1.165, 1.54) is 0 Å². The largest absolute Gasteiger partial charge is 0.352 e. The zero-order valence-corrected chi connectivity index (χ0v) is 10.9. The Morgan fingerprint density at radius 2 is 1.89 bits per heavy atom. The molecule has 1 rings (SSSR count). The molecule has 1 aromatic rings. The van der Waals surface area contributed by atoms with Crippen LogP contribution < -0.4 is 5.32 Å². The van der Waals surface area contributed by atoms with E-state index in [4.69, 9.17) is 0 Å². The maximum absolute atomic E-state index is 11.7. The van der Waals surface area contributed by atoms with E-state index in [9.17, 15) is 13.2 Å². The van der Waals surface area contributed by atoms with Gasteiger partial charge in [-0.15, -0.1) is 0 Å². The number of rotatable bonds is 7. The van der Waals surface area contributed by atoms with Crippen LogP contribution in [0.2, 0.25) is 0 Å². The summed E-state index contributed by atoms with van der Waals surface area (Å²) in [5.74, 6) is -0.298. The van der Waals surface area contributed by atoms with Crippen molar-refractivity contribution in [2.45, 2.75) is 6.42 Å². The van der Waals surface area contributed by atoms with E-state index in [0.717, 1.165) is 11.6 Å². The first-order valence-electron chi connectivity index (χ1n) is 5.68. The summed E-state index contributed by atoms with van der Waals surface area (Å²) in [6.45, 7) is 3.42. The lowest BCUT2D eigenvalue weighted by atomic mass is 10.2. The first-order valence-corrected chi connectivity index (χ1v) is 7.50. The molecule has 0 saturated carbocycles. The number of hydrogen-bond acceptors (Lipinski definition) is 3. The third-order valence-electron chi connectivity index (χ3n) is 2.44. The van der Waals surface area contributed by atoms with E-state index < -0.39 is 9.84 Å². The van der Waals surface area contributed by atoms with Crippen molar-refractivity contribution in [3.05, 3.63) is 48.6 Å². The van der Waals surface area contributed by atoms with Crippen LogP contribution in [0.4, 0.5) is 0 Å². The summed E-state index contributed by atoms with van der Waals surface area (Å²) in [7, 11) is -3.13. The number of amides is 1. The average Bonchev–Trinajstić information content (AvgIpc) is 2.37. The Bertz CT molecular complexity index is 494. The van der Waals surface area contributed by atoms with Gasteiger partial charge in [0.05, 0.1) is 11.5 Å². The lowest BCUT2D eigenvalue weighted by molar-refractivity contribution is -0.116. The van der Waals surface area contributed by atoms with Crippen LogP contribution in [-0.4, -0.2) is 32.4 Å². The molecule has 0 atom stereocenters. The van der Waals surface area contributed by atoms with Gasteiger partial charge in [0.2, 0.25) is 5.91 Å². The van der Waals surface area contributed by atoms with Gasteiger partial charge >= 0.3 is 0 Å². The molecule has 1 amide bonds. The Labute approximate surface area is 108 Å². The summed E-state index contributed by atoms with van der Waals surface area (Å²) in [5, 5.41) is 2.45. The van der Waals surface area contributed by atoms with Crippen LogP contribution in [0.3, 0.4) is 0 Å². The number of hydrogen-bond donors (Lipinski definition) is 1. The van der Waals surface area contributed by atoms with Gasteiger partial charge in [0, 0.05) is 6.54 Å². The van der Waals surface area contributed by atoms with Crippen molar-refractivity contribution >= 4 is 15.7 Å². The minimum Gasteiger partial charge on any atom is -0.352 e. The third kappa shape index (κ3) is 5.63. The standard InChI is InChI=1S/C13H17NO3S/c1-2-13(15)14-9-11-18(16,17)10-8-12-6-4-3-5-7-12/h2-7H,1,8-11H2,(H,14,15). The minimum absolute atomic E-state index is 0.0422. The lowest BCUT2D eigenvalue weighted by Crippen LogP contribution is -2.28. The van der Waals surface area contributed by atoms with Gasteiger partial charge in [-0.05, 0) is 18.1 Å². The zero-order chi connectivity index (χ0) is 13.4. The summed E-state index contributed by atoms with van der Waals surface area (Å²) < 4.78 is 23.4. The molecule has 1 N–H and O–H groups in total. The zero-order valence-electron chi connectivity index (χ0n) is 10.1. The molecule has 18 heavy (non-hydrogen) atoms. The molecule has 0 aromatic heterocycles. The highest BCUT2D eigenvalue weighted by molar-refractivity contribution is 7.91. The summed E-state index contributed by atoms with van der Waals surface area (Å²) in [6, 6.07) is 9.45. The molecule has 0 radical (unpaired) electrons. The molecular formula is C13H17NO3S. The Morgan fingerprint density at radius 3 is 2.50 bits per heavy atom. The van der Waals surface area contributed by atoms with Crippen molar-refractivity contribution in [3.63, 3.8) is 0 Å². The smallest absolute Gasteiger partial charge is 0.243 e. The van der Waals surface area contributed by atoms with Crippen LogP contribution >= 0.6 is 0 Å². The summed E-state index contributed by atoms with van der Waals surface area (Å²) >= 11 is 0. The second kappa shape index (κ2) is 6.96. The molecule has 4 nitrogen and oxygen atoms in total. The van der Waals surface area contributed by atoms with Gasteiger partial charge < -0.3 is 5.32 Å². The monoisotopic (exact) mass is 267 g/mol. The van der Waals surface area contributed by atoms with E-state index in [1.54, 1.807) is 0 Å². The maximum atomic E-state index is 11.7. The number of nitrogens with one attached hydrogen (secondary N) is 1. The van der Waals surface area contributed by atoms with E-state index >= 15 is 0 Å². The third-order valence-corrected chi connectivity index (χ3v) is 4.09. The Kier molecular flexibility index (Phi) is 5.58. The number of sulfone groups is 1. The summed E-state index contributed by atoms with van der Waals surface area (Å²) in [5.41, 5.74) is 0.996. The SMILES string of the molecule is C=CC(=O)NCCS(=O)(=O)CCc1ccccc1. The van der Waals surface area contributed by atoms with Gasteiger partial charge in [0.1, 0.15) is 0 Å². The number of carbonyl (C=O) groups excluding carboxylic acids is 1. The first-order chi connectivity index (χ1) is 8.53. The van der Waals surface area contributed by atoms with Gasteiger partial charge in [-0.25, -0.2) is 8.42 Å². The van der Waals surface area contributed by atoms with Crippen molar-refractivity contribution in [2.24, 2.45) is 0 Å². The van der Waals surface area contributed by atoms with Crippen molar-refractivity contribution < 1.29 is 13.2 Å². The molecule has 0 heterocycles. The normalized spacial score (nSPS) is 10.9. The summed E-state index contributed by atoms with van der Waals surface area (Å²) in [6.07, 6.45) is 1.62. The predicted molar refractivity (Wildman–Crippen MR) is 72.0 cm³/mol. The second-order valence-corrected chi connectivity index (χ2v) is 6.19. The minimum atomic E-state index is -3.13. The quantitative estimate of drug-likeness (QED) is 0.748. The van der Waals surface area contributed by atoms with Gasteiger partial charge in [-0.1, -0.05) is 36.9 Å². The van der Waals surface area contributed by atoms with Crippen LogP contribution in [0.15, 0.2) is 43.0 Å². The molecule has 0 spiro atoms. The fourth-order valence-corrected chi connectivity index (χ4v) is 2.59. The number of benzene rings is 1. The van der Waals surface area contributed by atoms with Crippen LogP contribution in [-0.2, 0) is 21.1 Å². The lowest BCUT2D eigenvalue weighted by Gasteiger charge is -2.05. The predicted octanol–water partition coefficient (Wildman–Crippen LogP) is 0.946. The van der Waals surface area contributed by atoms with Gasteiger partial charge in [-0.3, -0.25) is 4.79 Å². The highest BCUT2D eigenvalue weighted by Crippen LogP contribution is 2.02. The number of carbonyl (C=O) groups is 1. The molecule has 0 fully saturated rings. The van der Waals surface area contributed by atoms with Gasteiger partial charge in [0.15, 0.2) is 9.84 Å². The molecule has 0 aliphatic heterocycles. The van der Waals surface area contributed by atoms with E-state index in [-0.39, 0.29) is 24.0 Å². The highest BCUT2D eigenvalue weighted by Gasteiger charge is 2.10. The fourth-order valence-electron chi connectivity index (χ4n) is 1.42. The van der Waals surface area contributed by atoms with Crippen molar-refractivity contribution in [2.75, 3.05) is 18.1 Å². The molecule has 0 unspecified atom stereocenters. The van der Waals surface area contributed by atoms with Gasteiger partial charge in [0.25, 0.3) is 0 Å². The molecule has 5 heteroatoms. The Hall–Kier alpha value is -1.62. The molecule has 1 aromatic carbocycles. The van der Waals surface area contributed by atoms with Crippen molar-refractivity contribution in [3.8, 4) is 0 Å². The summed E-state index contributed by atoms with van der Waals surface area (Å²) in [4.78, 5) is 10.9. The molecule has 0 saturated heterocycles. The van der Waals surface area contributed by atoms with E-state index in [1.807, 2.05) is 30.3 Å². The molecule has 98 valence electrons. The van der Waals surface area contributed by atoms with Crippen molar-refractivity contribution in [1.29, 1.82) is 0 Å². The van der Waals surface area contributed by atoms with Crippen molar-refractivity contribution in [1.82, 2.24) is 5.32 Å². The van der Waals surface area contributed by atoms with Crippen LogP contribution in [0.5, 0.6) is 0 Å². The Morgan fingerprint density at radius 1 is 1.22 bits per heavy atom. The maximum Gasteiger partial charge on any atom is 0.243 e. The van der Waals surface area contributed by atoms with Crippen LogP contribution in [0.1, 0.15) is 5.56 Å². The highest BCUT2D eigenvalue weighted by atomic mass is 32.2. The topological polar surface area (TPSA) is 63.2 Å². The van der Waals surface area contributed by atoms with E-state index in [0.29, 0.717) is 6.42 Å². The second-order valence-electron chi connectivity index (χ2n) is 3.88. The van der Waals surface area contributed by atoms with Crippen LogP contribution in [0.25, 0.3) is 0 Å². The molecule has 0 aliphatic rings. The number of aryl methyl sites for hydroxylation is 1. The molecular weight excluding hydrogens is 250 g/mol. The molecule has 0 aliphatic carbocycles. The average molecular weight is 267 g/mol. The van der Waals surface area contributed by atoms with E-state index in [2.05, 4.69) is 11.9 Å².